The van der Waals surface area contributed by atoms with Crippen molar-refractivity contribution in [2.45, 2.75) is 31.8 Å². The number of aryl methyl sites for hydroxylation is 2. The minimum Gasteiger partial charge on any atom is -0.465 e. The number of thiazole rings is 1. The Labute approximate surface area is 119 Å². The van der Waals surface area contributed by atoms with Crippen molar-refractivity contribution in [3.63, 3.8) is 0 Å². The number of rotatable bonds is 5. The summed E-state index contributed by atoms with van der Waals surface area (Å²) in [6.45, 7) is 3.33. The molecule has 20 heavy (non-hydrogen) atoms. The zero-order valence-corrected chi connectivity index (χ0v) is 12.7. The molecule has 0 aliphatic carbocycles. The SMILES string of the molecule is Cc1oc(C)c(S(=O)(=O)NCc2csc(=O)[nH]2)c1CN. The molecule has 0 saturated carbocycles. The summed E-state index contributed by atoms with van der Waals surface area (Å²) in [5.41, 5.74) is 6.55. The summed E-state index contributed by atoms with van der Waals surface area (Å²) in [6, 6.07) is 0. The number of furan rings is 1. The van der Waals surface area contributed by atoms with Gasteiger partial charge in [-0.1, -0.05) is 11.3 Å². The number of hydrogen-bond donors (Lipinski definition) is 3. The lowest BCUT2D eigenvalue weighted by Crippen LogP contribution is -2.25. The Morgan fingerprint density at radius 1 is 1.40 bits per heavy atom. The fourth-order valence-electron chi connectivity index (χ4n) is 1.94. The Bertz CT molecular complexity index is 770. The molecule has 2 rings (SSSR count). The van der Waals surface area contributed by atoms with Crippen molar-refractivity contribution >= 4 is 21.4 Å². The van der Waals surface area contributed by atoms with Crippen LogP contribution in [0.2, 0.25) is 0 Å². The van der Waals surface area contributed by atoms with Gasteiger partial charge < -0.3 is 15.1 Å². The van der Waals surface area contributed by atoms with Gasteiger partial charge in [-0.3, -0.25) is 4.79 Å². The molecule has 0 aliphatic heterocycles. The van der Waals surface area contributed by atoms with E-state index in [-0.39, 0.29) is 22.9 Å². The van der Waals surface area contributed by atoms with Gasteiger partial charge in [0.2, 0.25) is 10.0 Å². The van der Waals surface area contributed by atoms with Gasteiger partial charge in [0.15, 0.2) is 0 Å². The van der Waals surface area contributed by atoms with E-state index in [4.69, 9.17) is 10.2 Å². The van der Waals surface area contributed by atoms with Crippen molar-refractivity contribution in [1.82, 2.24) is 9.71 Å². The molecular weight excluding hydrogens is 302 g/mol. The summed E-state index contributed by atoms with van der Waals surface area (Å²) in [5.74, 6) is 0.795. The monoisotopic (exact) mass is 317 g/mol. The van der Waals surface area contributed by atoms with Crippen LogP contribution < -0.4 is 15.3 Å². The lowest BCUT2D eigenvalue weighted by atomic mass is 10.2. The summed E-state index contributed by atoms with van der Waals surface area (Å²) in [4.78, 5) is 13.4. The number of sulfonamides is 1. The second kappa shape index (κ2) is 5.52. The molecule has 0 amide bonds. The summed E-state index contributed by atoms with van der Waals surface area (Å²) in [7, 11) is -3.74. The third-order valence-electron chi connectivity index (χ3n) is 2.82. The molecule has 0 unspecified atom stereocenters. The van der Waals surface area contributed by atoms with Crippen LogP contribution in [-0.2, 0) is 23.1 Å². The van der Waals surface area contributed by atoms with E-state index in [2.05, 4.69) is 9.71 Å². The van der Waals surface area contributed by atoms with Crippen LogP contribution in [0.25, 0.3) is 0 Å². The molecule has 2 aromatic rings. The van der Waals surface area contributed by atoms with E-state index in [9.17, 15) is 13.2 Å². The molecule has 9 heteroatoms. The predicted octanol–water partition coefficient (Wildman–Crippen LogP) is 0.583. The molecule has 0 radical (unpaired) electrons. The van der Waals surface area contributed by atoms with Gasteiger partial charge in [-0.25, -0.2) is 13.1 Å². The highest BCUT2D eigenvalue weighted by Crippen LogP contribution is 2.26. The molecule has 2 heterocycles. The van der Waals surface area contributed by atoms with E-state index in [0.29, 0.717) is 22.8 Å². The molecule has 0 spiro atoms. The van der Waals surface area contributed by atoms with E-state index >= 15 is 0 Å². The summed E-state index contributed by atoms with van der Waals surface area (Å²) in [5, 5.41) is 1.57. The molecule has 2 aromatic heterocycles. The van der Waals surface area contributed by atoms with Crippen LogP contribution in [0.3, 0.4) is 0 Å². The molecule has 7 nitrogen and oxygen atoms in total. The second-order valence-electron chi connectivity index (χ2n) is 4.22. The molecule has 110 valence electrons. The highest BCUT2D eigenvalue weighted by Gasteiger charge is 2.25. The van der Waals surface area contributed by atoms with Crippen molar-refractivity contribution < 1.29 is 12.8 Å². The van der Waals surface area contributed by atoms with Crippen molar-refractivity contribution in [2.75, 3.05) is 0 Å². The Morgan fingerprint density at radius 3 is 2.65 bits per heavy atom. The quantitative estimate of drug-likeness (QED) is 0.745. The van der Waals surface area contributed by atoms with Crippen molar-refractivity contribution in [3.8, 4) is 0 Å². The first kappa shape index (κ1) is 15.0. The van der Waals surface area contributed by atoms with Gasteiger partial charge in [0.05, 0.1) is 6.54 Å². The molecule has 0 bridgehead atoms. The lowest BCUT2D eigenvalue weighted by molar-refractivity contribution is 0.494. The first-order valence-corrected chi connectivity index (χ1v) is 8.16. The Morgan fingerprint density at radius 2 is 2.10 bits per heavy atom. The third-order valence-corrected chi connectivity index (χ3v) is 5.14. The molecule has 0 fully saturated rings. The number of nitrogens with one attached hydrogen (secondary N) is 2. The fourth-order valence-corrected chi connectivity index (χ4v) is 3.99. The largest absolute Gasteiger partial charge is 0.465 e. The fraction of sp³-hybridized carbons (Fsp3) is 0.364. The van der Waals surface area contributed by atoms with Gasteiger partial charge in [0.25, 0.3) is 0 Å². The normalized spacial score (nSPS) is 11.9. The maximum atomic E-state index is 12.3. The van der Waals surface area contributed by atoms with Gasteiger partial charge >= 0.3 is 4.87 Å². The summed E-state index contributed by atoms with van der Waals surface area (Å²) in [6.07, 6.45) is 0. The summed E-state index contributed by atoms with van der Waals surface area (Å²) >= 11 is 0.981. The molecule has 0 atom stereocenters. The Kier molecular flexibility index (Phi) is 4.14. The van der Waals surface area contributed by atoms with Crippen LogP contribution >= 0.6 is 11.3 Å². The van der Waals surface area contributed by atoms with Crippen molar-refractivity contribution in [1.29, 1.82) is 0 Å². The van der Waals surface area contributed by atoms with Crippen LogP contribution in [0.5, 0.6) is 0 Å². The minimum absolute atomic E-state index is 0.00868. The van der Waals surface area contributed by atoms with Gasteiger partial charge in [-0.15, -0.1) is 0 Å². The zero-order chi connectivity index (χ0) is 14.9. The molecule has 0 aromatic carbocycles. The molecule has 0 aliphatic rings. The smallest absolute Gasteiger partial charge is 0.304 e. The molecular formula is C11H15N3O4S2. The van der Waals surface area contributed by atoms with E-state index < -0.39 is 10.0 Å². The topological polar surface area (TPSA) is 118 Å². The highest BCUT2D eigenvalue weighted by atomic mass is 32.2. The number of nitrogens with two attached hydrogens (primary N) is 1. The van der Waals surface area contributed by atoms with Crippen LogP contribution in [-0.4, -0.2) is 13.4 Å². The van der Waals surface area contributed by atoms with Gasteiger partial charge in [-0.05, 0) is 13.8 Å². The number of aromatic amines is 1. The standard InChI is InChI=1S/C11H15N3O4S2/c1-6-9(3-12)10(7(2)18-6)20(16,17)13-4-8-5-19-11(15)14-8/h5,13H,3-4,12H2,1-2H3,(H,14,15). The Hall–Kier alpha value is -1.42. The third kappa shape index (κ3) is 2.85. The van der Waals surface area contributed by atoms with E-state index in [1.807, 2.05) is 0 Å². The highest BCUT2D eigenvalue weighted by molar-refractivity contribution is 7.89. The van der Waals surface area contributed by atoms with E-state index in [0.717, 1.165) is 11.3 Å². The molecule has 4 N–H and O–H groups in total. The Balaban J connectivity index is 2.29. The lowest BCUT2D eigenvalue weighted by Gasteiger charge is -2.06. The average molecular weight is 317 g/mol. The minimum atomic E-state index is -3.74. The van der Waals surface area contributed by atoms with Crippen LogP contribution in [0, 0.1) is 13.8 Å². The maximum Gasteiger partial charge on any atom is 0.304 e. The average Bonchev–Trinajstić information content (AvgIpc) is 2.90. The first-order chi connectivity index (χ1) is 9.35. The number of aromatic nitrogens is 1. The van der Waals surface area contributed by atoms with Crippen LogP contribution in [0.15, 0.2) is 19.5 Å². The van der Waals surface area contributed by atoms with Gasteiger partial charge in [-0.2, -0.15) is 0 Å². The van der Waals surface area contributed by atoms with Crippen LogP contribution in [0.1, 0.15) is 22.8 Å². The first-order valence-electron chi connectivity index (χ1n) is 5.80. The number of hydrogen-bond acceptors (Lipinski definition) is 6. The number of H-pyrrole nitrogens is 1. The van der Waals surface area contributed by atoms with Crippen molar-refractivity contribution in [3.05, 3.63) is 37.8 Å². The zero-order valence-electron chi connectivity index (χ0n) is 11.0. The second-order valence-corrected chi connectivity index (χ2v) is 6.77. The predicted molar refractivity (Wildman–Crippen MR) is 75.0 cm³/mol. The van der Waals surface area contributed by atoms with E-state index in [1.165, 1.54) is 0 Å². The molecule has 0 saturated heterocycles. The van der Waals surface area contributed by atoms with Crippen molar-refractivity contribution in [2.24, 2.45) is 5.73 Å². The van der Waals surface area contributed by atoms with Crippen LogP contribution in [0.4, 0.5) is 0 Å². The van der Waals surface area contributed by atoms with E-state index in [1.54, 1.807) is 19.2 Å². The van der Waals surface area contributed by atoms with Gasteiger partial charge in [0, 0.05) is 23.2 Å². The maximum absolute atomic E-state index is 12.3. The van der Waals surface area contributed by atoms with Gasteiger partial charge in [0.1, 0.15) is 16.4 Å². The summed E-state index contributed by atoms with van der Waals surface area (Å²) < 4.78 is 32.4.